The van der Waals surface area contributed by atoms with Crippen molar-refractivity contribution in [3.63, 3.8) is 0 Å². The van der Waals surface area contributed by atoms with Crippen molar-refractivity contribution in [2.24, 2.45) is 0 Å². The van der Waals surface area contributed by atoms with Crippen LogP contribution in [0, 0.1) is 6.92 Å². The van der Waals surface area contributed by atoms with Gasteiger partial charge in [0.25, 0.3) is 0 Å². The van der Waals surface area contributed by atoms with Gasteiger partial charge in [-0.25, -0.2) is 4.98 Å². The number of aryl methyl sites for hydroxylation is 1. The van der Waals surface area contributed by atoms with Crippen molar-refractivity contribution in [1.29, 1.82) is 0 Å². The number of nitrogens with one attached hydrogen (secondary N) is 1. The van der Waals surface area contributed by atoms with E-state index in [9.17, 15) is 0 Å². The predicted molar refractivity (Wildman–Crippen MR) is 53.4 cm³/mol. The Kier molecular flexibility index (Phi) is 2.19. The first kappa shape index (κ1) is 8.51. The summed E-state index contributed by atoms with van der Waals surface area (Å²) in [6.07, 6.45) is 4.35. The molecule has 0 radical (unpaired) electrons. The molecular formula is C10H15N3. The first-order chi connectivity index (χ1) is 6.27. The normalized spacial score (nSPS) is 22.1. The topological polar surface area (TPSA) is 50.9 Å². The number of hydrogen-bond donors (Lipinski definition) is 2. The molecule has 70 valence electrons. The Bertz CT molecular complexity index is 303. The maximum Gasteiger partial charge on any atom is 0.126 e. The molecule has 1 aromatic heterocycles. The molecule has 1 aliphatic rings. The Balaban J connectivity index is 2.25. The Hall–Kier alpha value is -1.09. The smallest absolute Gasteiger partial charge is 0.126 e. The van der Waals surface area contributed by atoms with Crippen LogP contribution in [0.1, 0.15) is 30.0 Å². The average Bonchev–Trinajstić information content (AvgIpc) is 2.62. The number of rotatable bonds is 1. The summed E-state index contributed by atoms with van der Waals surface area (Å²) in [6.45, 7) is 3.12. The van der Waals surface area contributed by atoms with Gasteiger partial charge in [-0.2, -0.15) is 0 Å². The molecule has 1 atom stereocenters. The first-order valence-electron chi connectivity index (χ1n) is 4.73. The molecule has 0 aliphatic carbocycles. The molecule has 3 heteroatoms. The zero-order valence-corrected chi connectivity index (χ0v) is 7.88. The summed E-state index contributed by atoms with van der Waals surface area (Å²) >= 11 is 0. The van der Waals surface area contributed by atoms with Crippen molar-refractivity contribution >= 4 is 5.82 Å². The summed E-state index contributed by atoms with van der Waals surface area (Å²) in [5, 5.41) is 3.44. The Labute approximate surface area is 78.4 Å². The summed E-state index contributed by atoms with van der Waals surface area (Å²) < 4.78 is 0. The molecule has 1 fully saturated rings. The lowest BCUT2D eigenvalue weighted by molar-refractivity contribution is 0.644. The van der Waals surface area contributed by atoms with E-state index in [2.05, 4.69) is 16.4 Å². The molecule has 1 saturated heterocycles. The minimum absolute atomic E-state index is 0.492. The number of nitrogen functional groups attached to an aromatic ring is 1. The van der Waals surface area contributed by atoms with Gasteiger partial charge in [-0.3, -0.25) is 0 Å². The number of anilines is 1. The third kappa shape index (κ3) is 1.65. The number of hydrogen-bond acceptors (Lipinski definition) is 3. The molecule has 3 N–H and O–H groups in total. The van der Waals surface area contributed by atoms with Gasteiger partial charge in [-0.05, 0) is 43.5 Å². The standard InChI is InChI=1S/C10H15N3/c1-7-5-8(6-13-10(7)11)9-3-2-4-12-9/h5-6,9,12H,2-4H2,1H3,(H2,11,13)/t9-/m1/s1. The Morgan fingerprint density at radius 2 is 2.46 bits per heavy atom. The van der Waals surface area contributed by atoms with Crippen LogP contribution in [0.4, 0.5) is 5.82 Å². The fourth-order valence-corrected chi connectivity index (χ4v) is 1.77. The second-order valence-corrected chi connectivity index (χ2v) is 3.62. The molecule has 3 nitrogen and oxygen atoms in total. The molecule has 1 aromatic rings. The lowest BCUT2D eigenvalue weighted by Crippen LogP contribution is -2.13. The number of aromatic nitrogens is 1. The van der Waals surface area contributed by atoms with Gasteiger partial charge in [0.05, 0.1) is 0 Å². The quantitative estimate of drug-likeness (QED) is 0.681. The maximum atomic E-state index is 5.66. The summed E-state index contributed by atoms with van der Waals surface area (Å²) in [6, 6.07) is 2.62. The van der Waals surface area contributed by atoms with Gasteiger partial charge in [0.15, 0.2) is 0 Å². The number of nitrogens with zero attached hydrogens (tertiary/aromatic N) is 1. The minimum Gasteiger partial charge on any atom is -0.383 e. The summed E-state index contributed by atoms with van der Waals surface area (Å²) in [5.41, 5.74) is 8.00. The van der Waals surface area contributed by atoms with Crippen molar-refractivity contribution in [2.75, 3.05) is 12.3 Å². The van der Waals surface area contributed by atoms with Crippen LogP contribution in [-0.4, -0.2) is 11.5 Å². The van der Waals surface area contributed by atoms with Crippen molar-refractivity contribution in [1.82, 2.24) is 10.3 Å². The van der Waals surface area contributed by atoms with Crippen LogP contribution in [-0.2, 0) is 0 Å². The molecule has 0 aromatic carbocycles. The van der Waals surface area contributed by atoms with Gasteiger partial charge < -0.3 is 11.1 Å². The van der Waals surface area contributed by atoms with Crippen LogP contribution in [0.2, 0.25) is 0 Å². The van der Waals surface area contributed by atoms with E-state index in [0.29, 0.717) is 11.9 Å². The largest absolute Gasteiger partial charge is 0.383 e. The Morgan fingerprint density at radius 3 is 3.08 bits per heavy atom. The lowest BCUT2D eigenvalue weighted by atomic mass is 10.1. The summed E-state index contributed by atoms with van der Waals surface area (Å²) in [7, 11) is 0. The number of pyridine rings is 1. The fourth-order valence-electron chi connectivity index (χ4n) is 1.77. The monoisotopic (exact) mass is 177 g/mol. The zero-order valence-electron chi connectivity index (χ0n) is 7.88. The summed E-state index contributed by atoms with van der Waals surface area (Å²) in [4.78, 5) is 4.16. The molecule has 2 rings (SSSR count). The van der Waals surface area contributed by atoms with Crippen molar-refractivity contribution in [2.45, 2.75) is 25.8 Å². The molecule has 0 spiro atoms. The molecule has 2 heterocycles. The van der Waals surface area contributed by atoms with Gasteiger partial charge in [-0.1, -0.05) is 0 Å². The third-order valence-corrected chi connectivity index (χ3v) is 2.60. The van der Waals surface area contributed by atoms with Gasteiger partial charge in [0.1, 0.15) is 5.82 Å². The van der Waals surface area contributed by atoms with Crippen LogP contribution in [0.5, 0.6) is 0 Å². The van der Waals surface area contributed by atoms with Gasteiger partial charge in [0, 0.05) is 12.2 Å². The van der Waals surface area contributed by atoms with E-state index < -0.39 is 0 Å². The molecule has 0 unspecified atom stereocenters. The zero-order chi connectivity index (χ0) is 9.26. The number of nitrogens with two attached hydrogens (primary N) is 1. The van der Waals surface area contributed by atoms with E-state index in [0.717, 1.165) is 12.1 Å². The first-order valence-corrected chi connectivity index (χ1v) is 4.73. The third-order valence-electron chi connectivity index (χ3n) is 2.60. The minimum atomic E-state index is 0.492. The van der Waals surface area contributed by atoms with Gasteiger partial charge in [-0.15, -0.1) is 0 Å². The van der Waals surface area contributed by atoms with E-state index in [4.69, 9.17) is 5.73 Å². The molecule has 0 amide bonds. The molecule has 0 saturated carbocycles. The fraction of sp³-hybridized carbons (Fsp3) is 0.500. The van der Waals surface area contributed by atoms with Crippen LogP contribution in [0.15, 0.2) is 12.3 Å². The van der Waals surface area contributed by atoms with E-state index in [1.807, 2.05) is 13.1 Å². The van der Waals surface area contributed by atoms with E-state index in [1.54, 1.807) is 0 Å². The molecule has 0 bridgehead atoms. The van der Waals surface area contributed by atoms with Crippen LogP contribution in [0.3, 0.4) is 0 Å². The van der Waals surface area contributed by atoms with Crippen molar-refractivity contribution in [3.05, 3.63) is 23.4 Å². The highest BCUT2D eigenvalue weighted by atomic mass is 14.9. The lowest BCUT2D eigenvalue weighted by Gasteiger charge is -2.11. The average molecular weight is 177 g/mol. The highest BCUT2D eigenvalue weighted by molar-refractivity contribution is 5.40. The second-order valence-electron chi connectivity index (χ2n) is 3.62. The van der Waals surface area contributed by atoms with Crippen molar-refractivity contribution in [3.8, 4) is 0 Å². The van der Waals surface area contributed by atoms with E-state index in [-0.39, 0.29) is 0 Å². The van der Waals surface area contributed by atoms with Crippen LogP contribution >= 0.6 is 0 Å². The molecular weight excluding hydrogens is 162 g/mol. The van der Waals surface area contributed by atoms with Crippen LogP contribution < -0.4 is 11.1 Å². The predicted octanol–water partition coefficient (Wildman–Crippen LogP) is 1.40. The maximum absolute atomic E-state index is 5.66. The van der Waals surface area contributed by atoms with E-state index in [1.165, 1.54) is 18.4 Å². The second kappa shape index (κ2) is 3.34. The van der Waals surface area contributed by atoms with E-state index >= 15 is 0 Å². The highest BCUT2D eigenvalue weighted by Crippen LogP contribution is 2.23. The Morgan fingerprint density at radius 1 is 1.62 bits per heavy atom. The van der Waals surface area contributed by atoms with Gasteiger partial charge >= 0.3 is 0 Å². The van der Waals surface area contributed by atoms with Crippen LogP contribution in [0.25, 0.3) is 0 Å². The van der Waals surface area contributed by atoms with Crippen molar-refractivity contribution < 1.29 is 0 Å². The molecule has 13 heavy (non-hydrogen) atoms. The highest BCUT2D eigenvalue weighted by Gasteiger charge is 2.16. The SMILES string of the molecule is Cc1cc([C@H]2CCCN2)cnc1N. The van der Waals surface area contributed by atoms with Gasteiger partial charge in [0.2, 0.25) is 0 Å². The molecule has 1 aliphatic heterocycles. The summed E-state index contributed by atoms with van der Waals surface area (Å²) in [5.74, 6) is 0.641.